The molecule has 2 aliphatic rings. The third kappa shape index (κ3) is 4.33. The molecule has 1 saturated carbocycles. The Morgan fingerprint density at radius 1 is 1.21 bits per heavy atom. The fraction of sp³-hybridized carbons (Fsp3) is 0.545. The number of aromatic nitrogens is 3. The molecule has 0 aromatic carbocycles. The average Bonchev–Trinajstić information content (AvgIpc) is 3.04. The number of aliphatic carboxylic acids is 1. The maximum atomic E-state index is 12.9. The van der Waals surface area contributed by atoms with E-state index in [9.17, 15) is 9.59 Å². The molecule has 4 rings (SSSR count). The summed E-state index contributed by atoms with van der Waals surface area (Å²) < 4.78 is 1.99. The zero-order chi connectivity index (χ0) is 20.4. The van der Waals surface area contributed by atoms with E-state index < -0.39 is 5.97 Å². The van der Waals surface area contributed by atoms with Gasteiger partial charge in [-0.25, -0.2) is 0 Å². The molecule has 1 amide bonds. The standard InChI is InChI=1S/C22H28N4O3/c1-15-19-9-11-25(21(27)12-16-5-7-17(8-6-16)22(28)29)14-20(19)26(24-15)13-18-4-2-3-10-23-18/h2-4,10,16-17H,5-9,11-14H2,1H3,(H,28,29)/t16-,17-. The van der Waals surface area contributed by atoms with Gasteiger partial charge in [-0.1, -0.05) is 6.07 Å². The number of amides is 1. The molecule has 0 spiro atoms. The maximum Gasteiger partial charge on any atom is 0.306 e. The molecule has 3 heterocycles. The van der Waals surface area contributed by atoms with Gasteiger partial charge in [0.15, 0.2) is 0 Å². The van der Waals surface area contributed by atoms with Gasteiger partial charge >= 0.3 is 5.97 Å². The van der Waals surface area contributed by atoms with E-state index in [0.717, 1.165) is 42.9 Å². The molecule has 1 fully saturated rings. The average molecular weight is 396 g/mol. The summed E-state index contributed by atoms with van der Waals surface area (Å²) in [6.07, 6.45) is 6.18. The van der Waals surface area contributed by atoms with Crippen molar-refractivity contribution in [2.75, 3.05) is 6.54 Å². The Bertz CT molecular complexity index is 885. The fourth-order valence-corrected chi connectivity index (χ4v) is 4.65. The third-order valence-electron chi connectivity index (χ3n) is 6.39. The van der Waals surface area contributed by atoms with E-state index in [-0.39, 0.29) is 11.8 Å². The maximum absolute atomic E-state index is 12.9. The van der Waals surface area contributed by atoms with E-state index in [1.807, 2.05) is 34.7 Å². The topological polar surface area (TPSA) is 88.3 Å². The van der Waals surface area contributed by atoms with Crippen molar-refractivity contribution < 1.29 is 14.7 Å². The zero-order valence-corrected chi connectivity index (χ0v) is 16.9. The Morgan fingerprint density at radius 3 is 2.69 bits per heavy atom. The molecule has 0 unspecified atom stereocenters. The lowest BCUT2D eigenvalue weighted by Crippen LogP contribution is -2.38. The number of carboxylic acids is 1. The van der Waals surface area contributed by atoms with Crippen LogP contribution in [0.25, 0.3) is 0 Å². The molecule has 7 nitrogen and oxygen atoms in total. The van der Waals surface area contributed by atoms with Crippen molar-refractivity contribution in [1.82, 2.24) is 19.7 Å². The van der Waals surface area contributed by atoms with Gasteiger partial charge in [0.05, 0.1) is 36.1 Å². The van der Waals surface area contributed by atoms with Crippen molar-refractivity contribution in [3.63, 3.8) is 0 Å². The molecule has 0 bridgehead atoms. The summed E-state index contributed by atoms with van der Waals surface area (Å²) in [5.41, 5.74) is 4.36. The van der Waals surface area contributed by atoms with Gasteiger partial charge in [0.1, 0.15) is 0 Å². The van der Waals surface area contributed by atoms with E-state index in [2.05, 4.69) is 4.98 Å². The Kier molecular flexibility index (Phi) is 5.65. The Hall–Kier alpha value is -2.70. The third-order valence-corrected chi connectivity index (χ3v) is 6.39. The second-order valence-electron chi connectivity index (χ2n) is 8.31. The molecule has 154 valence electrons. The largest absolute Gasteiger partial charge is 0.481 e. The van der Waals surface area contributed by atoms with E-state index in [0.29, 0.717) is 38.3 Å². The van der Waals surface area contributed by atoms with Crippen LogP contribution >= 0.6 is 0 Å². The van der Waals surface area contributed by atoms with Crippen LogP contribution in [0.3, 0.4) is 0 Å². The molecule has 7 heteroatoms. The monoisotopic (exact) mass is 396 g/mol. The number of aryl methyl sites for hydroxylation is 1. The fourth-order valence-electron chi connectivity index (χ4n) is 4.65. The van der Waals surface area contributed by atoms with Crippen LogP contribution < -0.4 is 0 Å². The number of rotatable bonds is 5. The summed E-state index contributed by atoms with van der Waals surface area (Å²) in [5.74, 6) is -0.449. The molecule has 1 aliphatic carbocycles. The van der Waals surface area contributed by atoms with Gasteiger partial charge in [-0.15, -0.1) is 0 Å². The first-order valence-corrected chi connectivity index (χ1v) is 10.5. The van der Waals surface area contributed by atoms with Crippen molar-refractivity contribution in [2.24, 2.45) is 11.8 Å². The van der Waals surface area contributed by atoms with Crippen LogP contribution in [0.1, 0.15) is 54.7 Å². The Balaban J connectivity index is 1.40. The highest BCUT2D eigenvalue weighted by atomic mass is 16.4. The summed E-state index contributed by atoms with van der Waals surface area (Å²) in [5, 5.41) is 13.9. The van der Waals surface area contributed by atoms with Gasteiger partial charge in [0.25, 0.3) is 0 Å². The molecule has 0 saturated heterocycles. The lowest BCUT2D eigenvalue weighted by Gasteiger charge is -2.31. The molecule has 1 N–H and O–H groups in total. The highest BCUT2D eigenvalue weighted by Crippen LogP contribution is 2.32. The van der Waals surface area contributed by atoms with Crippen LogP contribution in [0, 0.1) is 18.8 Å². The normalized spacial score (nSPS) is 21.6. The molecule has 2 aromatic rings. The first-order chi connectivity index (χ1) is 14.0. The Morgan fingerprint density at radius 2 is 2.00 bits per heavy atom. The van der Waals surface area contributed by atoms with E-state index in [1.54, 1.807) is 6.20 Å². The highest BCUT2D eigenvalue weighted by molar-refractivity contribution is 5.77. The quantitative estimate of drug-likeness (QED) is 0.840. The number of nitrogens with zero attached hydrogens (tertiary/aromatic N) is 4. The van der Waals surface area contributed by atoms with Gasteiger partial charge in [0, 0.05) is 19.2 Å². The van der Waals surface area contributed by atoms with Crippen molar-refractivity contribution in [2.45, 2.75) is 58.5 Å². The predicted molar refractivity (Wildman–Crippen MR) is 107 cm³/mol. The van der Waals surface area contributed by atoms with Crippen LogP contribution in [0.4, 0.5) is 0 Å². The summed E-state index contributed by atoms with van der Waals surface area (Å²) in [4.78, 5) is 30.4. The molecule has 0 radical (unpaired) electrons. The zero-order valence-electron chi connectivity index (χ0n) is 16.9. The van der Waals surface area contributed by atoms with Crippen LogP contribution in [-0.4, -0.2) is 43.2 Å². The number of hydrogen-bond acceptors (Lipinski definition) is 4. The SMILES string of the molecule is Cc1nn(Cc2ccccn2)c2c1CCN(C(=O)C[C@H]1CC[C@H](C(=O)O)CC1)C2. The number of carbonyl (C=O) groups is 2. The van der Waals surface area contributed by atoms with Gasteiger partial charge in [0.2, 0.25) is 5.91 Å². The van der Waals surface area contributed by atoms with Crippen molar-refractivity contribution in [1.29, 1.82) is 0 Å². The van der Waals surface area contributed by atoms with Crippen molar-refractivity contribution >= 4 is 11.9 Å². The molecule has 2 aromatic heterocycles. The lowest BCUT2D eigenvalue weighted by atomic mass is 9.80. The van der Waals surface area contributed by atoms with Crippen molar-refractivity contribution in [3.8, 4) is 0 Å². The minimum Gasteiger partial charge on any atom is -0.481 e. The minimum atomic E-state index is -0.699. The van der Waals surface area contributed by atoms with Crippen LogP contribution in [0.5, 0.6) is 0 Å². The van der Waals surface area contributed by atoms with E-state index in [4.69, 9.17) is 10.2 Å². The lowest BCUT2D eigenvalue weighted by molar-refractivity contribution is -0.143. The van der Waals surface area contributed by atoms with E-state index >= 15 is 0 Å². The molecule has 1 aliphatic heterocycles. The second-order valence-corrected chi connectivity index (χ2v) is 8.31. The number of carbonyl (C=O) groups excluding carboxylic acids is 1. The van der Waals surface area contributed by atoms with Gasteiger partial charge in [-0.3, -0.25) is 19.3 Å². The van der Waals surface area contributed by atoms with Gasteiger partial charge in [-0.05, 0) is 62.6 Å². The van der Waals surface area contributed by atoms with Gasteiger partial charge < -0.3 is 10.0 Å². The Labute approximate surface area is 170 Å². The summed E-state index contributed by atoms with van der Waals surface area (Å²) >= 11 is 0. The van der Waals surface area contributed by atoms with E-state index in [1.165, 1.54) is 5.56 Å². The van der Waals surface area contributed by atoms with Crippen LogP contribution in [0.15, 0.2) is 24.4 Å². The number of fused-ring (bicyclic) bond motifs is 1. The first kappa shape index (κ1) is 19.6. The molecule has 0 atom stereocenters. The summed E-state index contributed by atoms with van der Waals surface area (Å²) in [7, 11) is 0. The first-order valence-electron chi connectivity index (χ1n) is 10.5. The van der Waals surface area contributed by atoms with Crippen LogP contribution in [-0.2, 0) is 29.1 Å². The molecular weight excluding hydrogens is 368 g/mol. The second kappa shape index (κ2) is 8.35. The molecule has 29 heavy (non-hydrogen) atoms. The summed E-state index contributed by atoms with van der Waals surface area (Å²) in [6, 6.07) is 5.86. The van der Waals surface area contributed by atoms with Crippen molar-refractivity contribution in [3.05, 3.63) is 47.0 Å². The smallest absolute Gasteiger partial charge is 0.306 e. The number of carboxylic acid groups (broad SMARTS) is 1. The number of pyridine rings is 1. The van der Waals surface area contributed by atoms with Gasteiger partial charge in [-0.2, -0.15) is 5.10 Å². The minimum absolute atomic E-state index is 0.178. The number of hydrogen-bond donors (Lipinski definition) is 1. The summed E-state index contributed by atoms with van der Waals surface area (Å²) in [6.45, 7) is 3.96. The highest BCUT2D eigenvalue weighted by Gasteiger charge is 2.30. The molecular formula is C22H28N4O3. The predicted octanol–water partition coefficient (Wildman–Crippen LogP) is 2.80. The van der Waals surface area contributed by atoms with Crippen LogP contribution in [0.2, 0.25) is 0 Å².